The molecule has 2 rings (SSSR count). The van der Waals surface area contributed by atoms with Crippen molar-refractivity contribution in [2.24, 2.45) is 4.99 Å². The van der Waals surface area contributed by atoms with Crippen molar-refractivity contribution in [3.8, 4) is 5.75 Å². The summed E-state index contributed by atoms with van der Waals surface area (Å²) in [6.45, 7) is 3.97. The third-order valence-corrected chi connectivity index (χ3v) is 2.97. The van der Waals surface area contributed by atoms with E-state index in [1.165, 1.54) is 6.07 Å². The highest BCUT2D eigenvalue weighted by Gasteiger charge is 2.02. The van der Waals surface area contributed by atoms with Gasteiger partial charge in [-0.1, -0.05) is 18.2 Å². The van der Waals surface area contributed by atoms with Crippen LogP contribution in [0.5, 0.6) is 5.75 Å². The molecule has 0 amide bonds. The number of nitrogens with zero attached hydrogens (tertiary/aromatic N) is 2. The molecule has 0 aliphatic heterocycles. The lowest BCUT2D eigenvalue weighted by molar-refractivity contribution is 0.322. The first kappa shape index (κ1) is 16.7. The normalized spacial score (nSPS) is 11.1. The quantitative estimate of drug-likeness (QED) is 0.468. The van der Waals surface area contributed by atoms with E-state index in [0.717, 1.165) is 12.3 Å². The van der Waals surface area contributed by atoms with Crippen LogP contribution >= 0.6 is 0 Å². The predicted molar refractivity (Wildman–Crippen MR) is 89.0 cm³/mol. The zero-order valence-corrected chi connectivity index (χ0v) is 13.1. The molecule has 1 aromatic carbocycles. The van der Waals surface area contributed by atoms with Gasteiger partial charge in [-0.15, -0.1) is 0 Å². The fourth-order valence-corrected chi connectivity index (χ4v) is 1.89. The number of nitrogens with one attached hydrogen (secondary N) is 2. The minimum absolute atomic E-state index is 0.182. The van der Waals surface area contributed by atoms with Crippen molar-refractivity contribution in [2.75, 3.05) is 19.7 Å². The van der Waals surface area contributed by atoms with Gasteiger partial charge in [-0.2, -0.15) is 0 Å². The first-order chi connectivity index (χ1) is 11.3. The van der Waals surface area contributed by atoms with Gasteiger partial charge in [-0.25, -0.2) is 9.38 Å². The third kappa shape index (κ3) is 5.94. The van der Waals surface area contributed by atoms with Crippen LogP contribution in [0.25, 0.3) is 0 Å². The number of para-hydroxylation sites is 1. The van der Waals surface area contributed by atoms with Crippen LogP contribution in [-0.2, 0) is 6.54 Å². The Morgan fingerprint density at radius 1 is 1.17 bits per heavy atom. The highest BCUT2D eigenvalue weighted by Crippen LogP contribution is 2.07. The molecule has 0 unspecified atom stereocenters. The number of rotatable bonds is 7. The van der Waals surface area contributed by atoms with Crippen molar-refractivity contribution >= 4 is 5.96 Å². The first-order valence-electron chi connectivity index (χ1n) is 7.59. The van der Waals surface area contributed by atoms with Crippen molar-refractivity contribution in [3.05, 3.63) is 60.2 Å². The number of benzene rings is 1. The topological polar surface area (TPSA) is 58.5 Å². The van der Waals surface area contributed by atoms with Crippen LogP contribution < -0.4 is 15.4 Å². The zero-order chi connectivity index (χ0) is 16.3. The lowest BCUT2D eigenvalue weighted by Gasteiger charge is -2.12. The van der Waals surface area contributed by atoms with Gasteiger partial charge in [0.15, 0.2) is 5.96 Å². The zero-order valence-electron chi connectivity index (χ0n) is 13.1. The summed E-state index contributed by atoms with van der Waals surface area (Å²) >= 11 is 0. The molecule has 122 valence electrons. The average Bonchev–Trinajstić information content (AvgIpc) is 2.58. The fourth-order valence-electron chi connectivity index (χ4n) is 1.89. The highest BCUT2D eigenvalue weighted by molar-refractivity contribution is 5.79. The maximum absolute atomic E-state index is 13.5. The minimum Gasteiger partial charge on any atom is -0.492 e. The first-order valence-corrected chi connectivity index (χ1v) is 7.59. The Balaban J connectivity index is 1.81. The Morgan fingerprint density at radius 2 is 2.00 bits per heavy atom. The monoisotopic (exact) mass is 316 g/mol. The summed E-state index contributed by atoms with van der Waals surface area (Å²) < 4.78 is 19.1. The van der Waals surface area contributed by atoms with Crippen LogP contribution in [0.4, 0.5) is 4.39 Å². The number of pyridine rings is 1. The molecule has 0 saturated heterocycles. The minimum atomic E-state index is -0.348. The van der Waals surface area contributed by atoms with Gasteiger partial charge in [0.05, 0.1) is 18.8 Å². The van der Waals surface area contributed by atoms with E-state index in [1.807, 2.05) is 37.3 Å². The van der Waals surface area contributed by atoms with Crippen molar-refractivity contribution in [3.63, 3.8) is 0 Å². The number of aromatic nitrogens is 1. The van der Waals surface area contributed by atoms with Crippen molar-refractivity contribution < 1.29 is 9.13 Å². The van der Waals surface area contributed by atoms with Gasteiger partial charge in [-0.3, -0.25) is 4.98 Å². The molecule has 0 spiro atoms. The van der Waals surface area contributed by atoms with Crippen molar-refractivity contribution in [1.29, 1.82) is 0 Å². The lowest BCUT2D eigenvalue weighted by atomic mass is 10.3. The van der Waals surface area contributed by atoms with E-state index in [9.17, 15) is 4.39 Å². The highest BCUT2D eigenvalue weighted by atomic mass is 19.1. The van der Waals surface area contributed by atoms with E-state index in [1.54, 1.807) is 12.3 Å². The molecule has 6 heteroatoms. The maximum Gasteiger partial charge on any atom is 0.191 e. The third-order valence-electron chi connectivity index (χ3n) is 2.97. The van der Waals surface area contributed by atoms with Gasteiger partial charge in [-0.05, 0) is 31.2 Å². The summed E-state index contributed by atoms with van der Waals surface area (Å²) in [6, 6.07) is 12.5. The van der Waals surface area contributed by atoms with Gasteiger partial charge in [0.25, 0.3) is 0 Å². The molecule has 0 fully saturated rings. The summed E-state index contributed by atoms with van der Waals surface area (Å²) in [6.07, 6.45) is 1.56. The maximum atomic E-state index is 13.5. The Hall–Kier alpha value is -2.63. The molecule has 0 aliphatic rings. The van der Waals surface area contributed by atoms with Crippen LogP contribution in [0.3, 0.4) is 0 Å². The molecule has 1 aromatic heterocycles. The second kappa shape index (κ2) is 9.40. The molecule has 0 radical (unpaired) electrons. The second-order valence-corrected chi connectivity index (χ2v) is 4.72. The van der Waals surface area contributed by atoms with Crippen LogP contribution in [0.15, 0.2) is 53.7 Å². The fraction of sp³-hybridized carbons (Fsp3) is 0.294. The Morgan fingerprint density at radius 3 is 2.74 bits per heavy atom. The molecule has 5 nitrogen and oxygen atoms in total. The predicted octanol–water partition coefficient (Wildman–Crippen LogP) is 2.35. The van der Waals surface area contributed by atoms with Gasteiger partial charge in [0.2, 0.25) is 0 Å². The van der Waals surface area contributed by atoms with Crippen LogP contribution in [0.2, 0.25) is 0 Å². The number of guanidine groups is 1. The number of halogens is 1. The molecule has 2 N–H and O–H groups in total. The van der Waals surface area contributed by atoms with Crippen molar-refractivity contribution in [2.45, 2.75) is 13.5 Å². The Bertz CT molecular complexity index is 619. The van der Waals surface area contributed by atoms with Gasteiger partial charge < -0.3 is 15.4 Å². The summed E-state index contributed by atoms with van der Waals surface area (Å²) in [5.41, 5.74) is 0.324. The molecule has 23 heavy (non-hydrogen) atoms. The van der Waals surface area contributed by atoms with Gasteiger partial charge in [0, 0.05) is 12.7 Å². The van der Waals surface area contributed by atoms with Crippen LogP contribution in [0.1, 0.15) is 12.6 Å². The molecule has 0 bridgehead atoms. The largest absolute Gasteiger partial charge is 0.492 e. The van der Waals surface area contributed by atoms with E-state index in [2.05, 4.69) is 20.6 Å². The van der Waals surface area contributed by atoms with Crippen LogP contribution in [-0.4, -0.2) is 30.6 Å². The number of hydrogen-bond donors (Lipinski definition) is 2. The van der Waals surface area contributed by atoms with Crippen molar-refractivity contribution in [1.82, 2.24) is 15.6 Å². The number of aliphatic imine (C=N–C) groups is 1. The number of hydrogen-bond acceptors (Lipinski definition) is 3. The Kier molecular flexibility index (Phi) is 6.84. The van der Waals surface area contributed by atoms with Gasteiger partial charge in [0.1, 0.15) is 18.2 Å². The van der Waals surface area contributed by atoms with E-state index in [0.29, 0.717) is 24.8 Å². The van der Waals surface area contributed by atoms with E-state index in [4.69, 9.17) is 4.74 Å². The Labute approximate surface area is 135 Å². The van der Waals surface area contributed by atoms with E-state index in [-0.39, 0.29) is 12.4 Å². The molecule has 2 aromatic rings. The second-order valence-electron chi connectivity index (χ2n) is 4.72. The molecule has 1 heterocycles. The summed E-state index contributed by atoms with van der Waals surface area (Å²) in [5, 5.41) is 6.25. The SMILES string of the molecule is CCNC(=NCc1ncccc1F)NCCOc1ccccc1. The lowest BCUT2D eigenvalue weighted by Crippen LogP contribution is -2.39. The molecular formula is C17H21FN4O. The molecular weight excluding hydrogens is 295 g/mol. The summed E-state index contributed by atoms with van der Waals surface area (Å²) in [4.78, 5) is 8.31. The summed E-state index contributed by atoms with van der Waals surface area (Å²) in [5.74, 6) is 1.08. The number of ether oxygens (including phenoxy) is 1. The van der Waals surface area contributed by atoms with Gasteiger partial charge >= 0.3 is 0 Å². The summed E-state index contributed by atoms with van der Waals surface area (Å²) in [7, 11) is 0. The smallest absolute Gasteiger partial charge is 0.191 e. The molecule has 0 aliphatic carbocycles. The van der Waals surface area contributed by atoms with E-state index < -0.39 is 0 Å². The standard InChI is InChI=1S/C17H21FN4O/c1-2-19-17(22-13-16-15(18)9-6-10-20-16)21-11-12-23-14-7-4-3-5-8-14/h3-10H,2,11-13H2,1H3,(H2,19,21,22). The molecule has 0 atom stereocenters. The van der Waals surface area contributed by atoms with E-state index >= 15 is 0 Å². The average molecular weight is 316 g/mol. The van der Waals surface area contributed by atoms with Crippen LogP contribution in [0, 0.1) is 5.82 Å². The molecule has 0 saturated carbocycles.